The zero-order valence-electron chi connectivity index (χ0n) is 15.6. The Morgan fingerprint density at radius 2 is 1.03 bits per heavy atom. The summed E-state index contributed by atoms with van der Waals surface area (Å²) in [6.07, 6.45) is 0. The number of rotatable bonds is 5. The maximum Gasteiger partial charge on any atom is 0.343 e. The Labute approximate surface area is 174 Å². The molecule has 31 heavy (non-hydrogen) atoms. The fraction of sp³-hybridized carbons (Fsp3) is 0.0476. The Balaban J connectivity index is 1.70. The number of esters is 2. The maximum atomic E-state index is 12.2. The Kier molecular flexibility index (Phi) is 5.84. The molecule has 3 aromatic rings. The van der Waals surface area contributed by atoms with Gasteiger partial charge in [0.25, 0.3) is 0 Å². The normalized spacial score (nSPS) is 10.5. The van der Waals surface area contributed by atoms with Gasteiger partial charge in [-0.05, 0) is 48.5 Å². The van der Waals surface area contributed by atoms with Crippen molar-refractivity contribution >= 4 is 11.9 Å². The minimum atomic E-state index is -0.925. The van der Waals surface area contributed by atoms with E-state index in [-0.39, 0.29) is 28.2 Å². The highest BCUT2D eigenvalue weighted by Gasteiger charge is 2.17. The molecule has 0 aliphatic rings. The van der Waals surface area contributed by atoms with Gasteiger partial charge in [-0.2, -0.15) is 0 Å². The second-order valence-corrected chi connectivity index (χ2v) is 6.27. The van der Waals surface area contributed by atoms with Crippen LogP contribution in [0.25, 0.3) is 0 Å². The third kappa shape index (κ3) is 4.60. The first-order valence-electron chi connectivity index (χ1n) is 8.64. The summed E-state index contributed by atoms with van der Waals surface area (Å²) in [5.41, 5.74) is -0.377. The Morgan fingerprint density at radius 3 is 1.45 bits per heavy atom. The lowest BCUT2D eigenvalue weighted by atomic mass is 10.1. The van der Waals surface area contributed by atoms with Gasteiger partial charge in [-0.3, -0.25) is 0 Å². The summed E-state index contributed by atoms with van der Waals surface area (Å²) >= 11 is 0. The third-order valence-electron chi connectivity index (χ3n) is 4.12. The van der Waals surface area contributed by atoms with Gasteiger partial charge in [0.1, 0.15) is 11.5 Å². The molecular weight excluding hydrogens is 412 g/mol. The molecule has 0 aliphatic carbocycles. The lowest BCUT2D eigenvalue weighted by Crippen LogP contribution is -2.10. The van der Waals surface area contributed by atoms with Crippen LogP contribution in [0, 0.1) is 0 Å². The van der Waals surface area contributed by atoms with Crippen LogP contribution in [0.1, 0.15) is 26.3 Å². The summed E-state index contributed by atoms with van der Waals surface area (Å²) in [4.78, 5) is 24.4. The van der Waals surface area contributed by atoms with Crippen molar-refractivity contribution in [1.82, 2.24) is 0 Å². The number of benzene rings is 3. The minimum absolute atomic E-state index is 0.0551. The van der Waals surface area contributed by atoms with Crippen LogP contribution < -0.4 is 9.47 Å². The van der Waals surface area contributed by atoms with E-state index in [2.05, 4.69) is 0 Å². The van der Waals surface area contributed by atoms with Crippen molar-refractivity contribution < 1.29 is 49.7 Å². The second kappa shape index (κ2) is 8.51. The Hall–Kier alpha value is -4.44. The van der Waals surface area contributed by atoms with E-state index in [9.17, 15) is 35.1 Å². The number of hydrogen-bond acceptors (Lipinski definition) is 10. The van der Waals surface area contributed by atoms with Crippen molar-refractivity contribution in [3.8, 4) is 40.2 Å². The van der Waals surface area contributed by atoms with Gasteiger partial charge >= 0.3 is 11.9 Å². The van der Waals surface area contributed by atoms with E-state index in [4.69, 9.17) is 14.6 Å². The van der Waals surface area contributed by atoms with E-state index in [1.807, 2.05) is 0 Å². The highest BCUT2D eigenvalue weighted by Crippen LogP contribution is 2.36. The van der Waals surface area contributed by atoms with Gasteiger partial charge in [0.2, 0.25) is 0 Å². The van der Waals surface area contributed by atoms with Crippen molar-refractivity contribution in [2.24, 2.45) is 0 Å². The standard InChI is InChI=1S/C21H16O10/c22-9-12-5-10(6-15(23)18(12)26)20(28)30-13-1-3-14(4-2-13)31-21(29)11-7-16(24)19(27)17(25)8-11/h1-8,22-27H,9H2. The smallest absolute Gasteiger partial charge is 0.343 e. The van der Waals surface area contributed by atoms with E-state index in [0.717, 1.165) is 24.3 Å². The lowest BCUT2D eigenvalue weighted by molar-refractivity contribution is 0.0718. The molecule has 0 radical (unpaired) electrons. The number of phenolic OH excluding ortho intramolecular Hbond substituents is 4. The van der Waals surface area contributed by atoms with Gasteiger partial charge in [-0.15, -0.1) is 0 Å². The summed E-state index contributed by atoms with van der Waals surface area (Å²) in [5, 5.41) is 56.6. The van der Waals surface area contributed by atoms with E-state index in [1.165, 1.54) is 24.3 Å². The number of aliphatic hydroxyl groups excluding tert-OH is 1. The van der Waals surface area contributed by atoms with E-state index in [0.29, 0.717) is 0 Å². The highest BCUT2D eigenvalue weighted by atomic mass is 16.5. The van der Waals surface area contributed by atoms with Gasteiger partial charge in [-0.25, -0.2) is 9.59 Å². The molecule has 3 rings (SSSR count). The van der Waals surface area contributed by atoms with Crippen molar-refractivity contribution in [3.63, 3.8) is 0 Å². The van der Waals surface area contributed by atoms with Crippen molar-refractivity contribution in [3.05, 3.63) is 65.2 Å². The molecule has 0 spiro atoms. The molecule has 10 heteroatoms. The summed E-state index contributed by atoms with van der Waals surface area (Å²) in [6.45, 7) is -0.600. The van der Waals surface area contributed by atoms with Crippen LogP contribution in [-0.4, -0.2) is 42.6 Å². The molecule has 160 valence electrons. The van der Waals surface area contributed by atoms with Crippen LogP contribution >= 0.6 is 0 Å². The highest BCUT2D eigenvalue weighted by molar-refractivity contribution is 5.93. The molecule has 10 nitrogen and oxygen atoms in total. The first kappa shape index (κ1) is 21.3. The molecule has 0 atom stereocenters. The van der Waals surface area contributed by atoms with Crippen LogP contribution in [-0.2, 0) is 6.61 Å². The SMILES string of the molecule is O=C(Oc1ccc(OC(=O)c2cc(O)c(O)c(CO)c2)cc1)c1cc(O)c(O)c(O)c1. The maximum absolute atomic E-state index is 12.2. The monoisotopic (exact) mass is 428 g/mol. The summed E-state index contributed by atoms with van der Waals surface area (Å²) < 4.78 is 10.2. The molecule has 0 heterocycles. The number of ether oxygens (including phenoxy) is 2. The fourth-order valence-corrected chi connectivity index (χ4v) is 2.55. The topological polar surface area (TPSA) is 174 Å². The van der Waals surface area contributed by atoms with Gasteiger partial charge in [0, 0.05) is 5.56 Å². The number of aliphatic hydroxyl groups is 1. The molecule has 0 saturated carbocycles. The zero-order valence-corrected chi connectivity index (χ0v) is 15.6. The Bertz CT molecular complexity index is 1130. The van der Waals surface area contributed by atoms with E-state index in [1.54, 1.807) is 0 Å². The first-order chi connectivity index (χ1) is 14.7. The molecule has 0 aliphatic heterocycles. The largest absolute Gasteiger partial charge is 0.504 e. The van der Waals surface area contributed by atoms with Crippen LogP contribution in [0.4, 0.5) is 0 Å². The van der Waals surface area contributed by atoms with Crippen molar-refractivity contribution in [1.29, 1.82) is 0 Å². The second-order valence-electron chi connectivity index (χ2n) is 6.27. The third-order valence-corrected chi connectivity index (χ3v) is 4.12. The number of carbonyl (C=O) groups excluding carboxylic acids is 2. The van der Waals surface area contributed by atoms with Crippen LogP contribution in [0.15, 0.2) is 48.5 Å². The molecule has 0 amide bonds. The molecule has 0 unspecified atom stereocenters. The van der Waals surface area contributed by atoms with Gasteiger partial charge in [0.15, 0.2) is 28.7 Å². The summed E-state index contributed by atoms with van der Waals surface area (Å²) in [5.74, 6) is -4.96. The molecule has 0 bridgehead atoms. The van der Waals surface area contributed by atoms with Crippen LogP contribution in [0.5, 0.6) is 40.2 Å². The first-order valence-corrected chi connectivity index (χ1v) is 8.64. The minimum Gasteiger partial charge on any atom is -0.504 e. The summed E-state index contributed by atoms with van der Waals surface area (Å²) in [6, 6.07) is 9.25. The number of phenols is 5. The van der Waals surface area contributed by atoms with Gasteiger partial charge in [0.05, 0.1) is 17.7 Å². The van der Waals surface area contributed by atoms with Gasteiger partial charge in [-0.1, -0.05) is 0 Å². The van der Waals surface area contributed by atoms with Crippen molar-refractivity contribution in [2.75, 3.05) is 0 Å². The Morgan fingerprint density at radius 1 is 0.645 bits per heavy atom. The number of hydrogen-bond donors (Lipinski definition) is 6. The molecule has 0 fully saturated rings. The summed E-state index contributed by atoms with van der Waals surface area (Å²) in [7, 11) is 0. The predicted octanol–water partition coefficient (Wildman–Crippen LogP) is 2.15. The molecule has 3 aromatic carbocycles. The average molecular weight is 428 g/mol. The van der Waals surface area contributed by atoms with Crippen LogP contribution in [0.3, 0.4) is 0 Å². The van der Waals surface area contributed by atoms with E-state index >= 15 is 0 Å². The molecule has 0 aromatic heterocycles. The molecular formula is C21H16O10. The number of carbonyl (C=O) groups is 2. The number of aromatic hydroxyl groups is 5. The van der Waals surface area contributed by atoms with Crippen LogP contribution in [0.2, 0.25) is 0 Å². The molecule has 6 N–H and O–H groups in total. The average Bonchev–Trinajstić information content (AvgIpc) is 2.74. The molecule has 0 saturated heterocycles. The van der Waals surface area contributed by atoms with Crippen molar-refractivity contribution in [2.45, 2.75) is 6.61 Å². The van der Waals surface area contributed by atoms with E-state index < -0.39 is 47.3 Å². The fourth-order valence-electron chi connectivity index (χ4n) is 2.55. The lowest BCUT2D eigenvalue weighted by Gasteiger charge is -2.09. The zero-order chi connectivity index (χ0) is 22.7. The quantitative estimate of drug-likeness (QED) is 0.201. The predicted molar refractivity (Wildman–Crippen MR) is 103 cm³/mol. The van der Waals surface area contributed by atoms with Gasteiger partial charge < -0.3 is 40.1 Å².